The zero-order chi connectivity index (χ0) is 15.9. The van der Waals surface area contributed by atoms with Gasteiger partial charge in [-0.25, -0.2) is 4.39 Å². The second-order valence-corrected chi connectivity index (χ2v) is 4.33. The van der Waals surface area contributed by atoms with Crippen molar-refractivity contribution < 1.29 is 23.2 Å². The topological polar surface area (TPSA) is 93.5 Å². The van der Waals surface area contributed by atoms with Crippen LogP contribution < -0.4 is 10.6 Å². The van der Waals surface area contributed by atoms with Crippen molar-refractivity contribution in [3.8, 4) is 0 Å². The number of anilines is 1. The Morgan fingerprint density at radius 2 is 2.18 bits per heavy atom. The van der Waals surface area contributed by atoms with Crippen molar-refractivity contribution >= 4 is 17.6 Å². The van der Waals surface area contributed by atoms with Crippen molar-refractivity contribution in [1.29, 1.82) is 0 Å². The van der Waals surface area contributed by atoms with Gasteiger partial charge in [0.25, 0.3) is 0 Å². The molecule has 116 valence electrons. The molecule has 1 aromatic heterocycles. The zero-order valence-corrected chi connectivity index (χ0v) is 11.7. The van der Waals surface area contributed by atoms with E-state index in [1.165, 1.54) is 37.6 Å². The minimum Gasteiger partial charge on any atom is -0.375 e. The Morgan fingerprint density at radius 3 is 2.82 bits per heavy atom. The molecule has 1 heterocycles. The van der Waals surface area contributed by atoms with Gasteiger partial charge in [0.2, 0.25) is 0 Å². The number of nitrogens with zero attached hydrogens (tertiary/aromatic N) is 1. The Hall–Kier alpha value is -2.74. The lowest BCUT2D eigenvalue weighted by molar-refractivity contribution is -0.136. The number of rotatable bonds is 5. The third-order valence-corrected chi connectivity index (χ3v) is 2.84. The summed E-state index contributed by atoms with van der Waals surface area (Å²) in [5.41, 5.74) is 0.555. The molecule has 0 spiro atoms. The molecule has 0 saturated carbocycles. The summed E-state index contributed by atoms with van der Waals surface area (Å²) in [4.78, 5) is 23.3. The van der Waals surface area contributed by atoms with E-state index in [2.05, 4.69) is 20.3 Å². The fourth-order valence-corrected chi connectivity index (χ4v) is 1.76. The predicted molar refractivity (Wildman–Crippen MR) is 74.3 cm³/mol. The van der Waals surface area contributed by atoms with Crippen molar-refractivity contribution in [2.45, 2.75) is 6.10 Å². The quantitative estimate of drug-likeness (QED) is 0.811. The van der Waals surface area contributed by atoms with Gasteiger partial charge < -0.3 is 14.6 Å². The lowest BCUT2D eigenvalue weighted by Gasteiger charge is -2.16. The third-order valence-electron chi connectivity index (χ3n) is 2.84. The van der Waals surface area contributed by atoms with Crippen LogP contribution in [-0.2, 0) is 14.3 Å². The zero-order valence-electron chi connectivity index (χ0n) is 11.7. The normalized spacial score (nSPS) is 11.7. The first kappa shape index (κ1) is 15.6. The molecule has 2 N–H and O–H groups in total. The number of benzene rings is 1. The van der Waals surface area contributed by atoms with E-state index in [0.717, 1.165) is 0 Å². The molecule has 0 aliphatic carbocycles. The van der Waals surface area contributed by atoms with Gasteiger partial charge in [0.05, 0.1) is 6.10 Å². The van der Waals surface area contributed by atoms with Gasteiger partial charge in [-0.1, -0.05) is 17.3 Å². The number of ether oxygens (including phenoxy) is 1. The van der Waals surface area contributed by atoms with Gasteiger partial charge in [0.1, 0.15) is 12.1 Å². The van der Waals surface area contributed by atoms with E-state index in [9.17, 15) is 14.0 Å². The lowest BCUT2D eigenvalue weighted by Crippen LogP contribution is -2.38. The van der Waals surface area contributed by atoms with E-state index >= 15 is 0 Å². The molecule has 0 saturated heterocycles. The summed E-state index contributed by atoms with van der Waals surface area (Å²) in [7, 11) is 1.43. The molecule has 2 rings (SSSR count). The van der Waals surface area contributed by atoms with E-state index in [1.54, 1.807) is 6.07 Å². The maximum atomic E-state index is 13.2. The van der Waals surface area contributed by atoms with Crippen LogP contribution in [0.25, 0.3) is 0 Å². The van der Waals surface area contributed by atoms with Crippen molar-refractivity contribution in [2.24, 2.45) is 0 Å². The van der Waals surface area contributed by atoms with E-state index in [-0.39, 0.29) is 12.4 Å². The molecule has 7 nitrogen and oxygen atoms in total. The Balaban J connectivity index is 1.90. The maximum absolute atomic E-state index is 13.2. The highest BCUT2D eigenvalue weighted by molar-refractivity contribution is 6.39. The molecular weight excluding hydrogens is 293 g/mol. The molecular formula is C14H14FN3O4. The van der Waals surface area contributed by atoms with Crippen LogP contribution in [0.3, 0.4) is 0 Å². The fourth-order valence-electron chi connectivity index (χ4n) is 1.76. The Morgan fingerprint density at radius 1 is 1.36 bits per heavy atom. The van der Waals surface area contributed by atoms with Crippen LogP contribution in [0.1, 0.15) is 11.7 Å². The van der Waals surface area contributed by atoms with E-state index in [1.807, 2.05) is 0 Å². The summed E-state index contributed by atoms with van der Waals surface area (Å²) >= 11 is 0. The van der Waals surface area contributed by atoms with Crippen molar-refractivity contribution in [2.75, 3.05) is 19.0 Å². The average Bonchev–Trinajstić information content (AvgIpc) is 3.00. The van der Waals surface area contributed by atoms with Crippen LogP contribution in [0, 0.1) is 5.82 Å². The monoisotopic (exact) mass is 307 g/mol. The SMILES string of the molecule is COC(CNC(=O)C(=O)Nc1ccon1)c1cccc(F)c1. The second-order valence-electron chi connectivity index (χ2n) is 4.33. The summed E-state index contributed by atoms with van der Waals surface area (Å²) in [5.74, 6) is -2.02. The number of hydrogen-bond donors (Lipinski definition) is 2. The minimum absolute atomic E-state index is 0.0189. The summed E-state index contributed by atoms with van der Waals surface area (Å²) in [6, 6.07) is 7.21. The van der Waals surface area contributed by atoms with Gasteiger partial charge >= 0.3 is 11.8 Å². The molecule has 8 heteroatoms. The number of amides is 2. The number of hydrogen-bond acceptors (Lipinski definition) is 5. The Labute approximate surface area is 125 Å². The number of aromatic nitrogens is 1. The van der Waals surface area contributed by atoms with Crippen LogP contribution in [-0.4, -0.2) is 30.6 Å². The molecule has 22 heavy (non-hydrogen) atoms. The lowest BCUT2D eigenvalue weighted by atomic mass is 10.1. The molecule has 2 amide bonds. The molecule has 1 unspecified atom stereocenters. The first-order valence-corrected chi connectivity index (χ1v) is 6.38. The molecule has 0 aliphatic heterocycles. The van der Waals surface area contributed by atoms with Gasteiger partial charge in [0, 0.05) is 19.7 Å². The maximum Gasteiger partial charge on any atom is 0.314 e. The van der Waals surface area contributed by atoms with E-state index < -0.39 is 23.7 Å². The molecule has 1 aromatic carbocycles. The highest BCUT2D eigenvalue weighted by Crippen LogP contribution is 2.16. The van der Waals surface area contributed by atoms with Crippen molar-refractivity contribution in [3.05, 3.63) is 48.0 Å². The number of carbonyl (C=O) groups excluding carboxylic acids is 2. The number of nitrogens with one attached hydrogen (secondary N) is 2. The van der Waals surface area contributed by atoms with Gasteiger partial charge in [-0.3, -0.25) is 14.9 Å². The fraction of sp³-hybridized carbons (Fsp3) is 0.214. The molecule has 1 atom stereocenters. The molecule has 0 radical (unpaired) electrons. The first-order valence-electron chi connectivity index (χ1n) is 6.38. The standard InChI is InChI=1S/C14H14FN3O4/c1-21-11(9-3-2-4-10(15)7-9)8-16-13(19)14(20)17-12-5-6-22-18-12/h2-7,11H,8H2,1H3,(H,16,19)(H,17,18,20). The summed E-state index contributed by atoms with van der Waals surface area (Å²) in [5, 5.41) is 8.12. The smallest absolute Gasteiger partial charge is 0.314 e. The van der Waals surface area contributed by atoms with Crippen LogP contribution >= 0.6 is 0 Å². The average molecular weight is 307 g/mol. The highest BCUT2D eigenvalue weighted by Gasteiger charge is 2.18. The number of methoxy groups -OCH3 is 1. The number of carbonyl (C=O) groups is 2. The highest BCUT2D eigenvalue weighted by atomic mass is 19.1. The third kappa shape index (κ3) is 4.13. The summed E-state index contributed by atoms with van der Waals surface area (Å²) < 4.78 is 22.9. The Kier molecular flexibility index (Phi) is 5.21. The van der Waals surface area contributed by atoms with Crippen LogP contribution in [0.5, 0.6) is 0 Å². The van der Waals surface area contributed by atoms with Gasteiger partial charge in [-0.15, -0.1) is 0 Å². The van der Waals surface area contributed by atoms with E-state index in [4.69, 9.17) is 4.74 Å². The predicted octanol–water partition coefficient (Wildman–Crippen LogP) is 1.26. The van der Waals surface area contributed by atoms with Crippen LogP contribution in [0.15, 0.2) is 41.1 Å². The molecule has 0 aliphatic rings. The molecule has 0 bridgehead atoms. The Bertz CT molecular complexity index is 645. The van der Waals surface area contributed by atoms with E-state index in [0.29, 0.717) is 5.56 Å². The summed E-state index contributed by atoms with van der Waals surface area (Å²) in [6.45, 7) is 0.0189. The van der Waals surface area contributed by atoms with Gasteiger partial charge in [-0.05, 0) is 17.7 Å². The molecule has 0 fully saturated rings. The van der Waals surface area contributed by atoms with Crippen molar-refractivity contribution in [1.82, 2.24) is 10.5 Å². The largest absolute Gasteiger partial charge is 0.375 e. The summed E-state index contributed by atoms with van der Waals surface area (Å²) in [6.07, 6.45) is 0.692. The molecule has 2 aromatic rings. The number of halogens is 1. The van der Waals surface area contributed by atoms with Crippen LogP contribution in [0.4, 0.5) is 10.2 Å². The van der Waals surface area contributed by atoms with Crippen LogP contribution in [0.2, 0.25) is 0 Å². The van der Waals surface area contributed by atoms with Crippen molar-refractivity contribution in [3.63, 3.8) is 0 Å². The van der Waals surface area contributed by atoms with Gasteiger partial charge in [0.15, 0.2) is 5.82 Å². The minimum atomic E-state index is -0.886. The van der Waals surface area contributed by atoms with Gasteiger partial charge in [-0.2, -0.15) is 0 Å². The second kappa shape index (κ2) is 7.32. The first-order chi connectivity index (χ1) is 10.6.